The highest BCUT2D eigenvalue weighted by atomic mass is 16.5. The van der Waals surface area contributed by atoms with Crippen molar-refractivity contribution >= 4 is 5.96 Å². The molecule has 0 unspecified atom stereocenters. The Morgan fingerprint density at radius 3 is 2.72 bits per heavy atom. The highest BCUT2D eigenvalue weighted by Crippen LogP contribution is 2.10. The molecular formula is C19H29N5O. The van der Waals surface area contributed by atoms with Crippen LogP contribution in [-0.4, -0.2) is 42.0 Å². The van der Waals surface area contributed by atoms with Gasteiger partial charge in [0.2, 0.25) is 0 Å². The first-order valence-corrected chi connectivity index (χ1v) is 8.86. The lowest BCUT2D eigenvalue weighted by Gasteiger charge is -2.12. The van der Waals surface area contributed by atoms with E-state index in [9.17, 15) is 0 Å². The molecule has 2 N–H and O–H groups in total. The molecule has 0 bridgehead atoms. The lowest BCUT2D eigenvalue weighted by atomic mass is 10.2. The van der Waals surface area contributed by atoms with E-state index >= 15 is 0 Å². The second-order valence-corrected chi connectivity index (χ2v) is 5.97. The second kappa shape index (κ2) is 10.4. The number of aliphatic imine (C=N–C) groups is 1. The first kappa shape index (κ1) is 18.8. The summed E-state index contributed by atoms with van der Waals surface area (Å²) in [4.78, 5) is 4.60. The molecule has 0 amide bonds. The lowest BCUT2D eigenvalue weighted by Crippen LogP contribution is -2.39. The van der Waals surface area contributed by atoms with Crippen LogP contribution in [0.15, 0.2) is 41.7 Å². The first-order valence-electron chi connectivity index (χ1n) is 8.86. The van der Waals surface area contributed by atoms with Gasteiger partial charge in [0.1, 0.15) is 12.4 Å². The largest absolute Gasteiger partial charge is 0.492 e. The zero-order chi connectivity index (χ0) is 17.9. The molecule has 0 fully saturated rings. The average Bonchev–Trinajstić information content (AvgIpc) is 3.02. The van der Waals surface area contributed by atoms with Gasteiger partial charge in [0.25, 0.3) is 0 Å². The third-order valence-corrected chi connectivity index (χ3v) is 3.68. The van der Waals surface area contributed by atoms with Crippen LogP contribution in [0.1, 0.15) is 24.5 Å². The van der Waals surface area contributed by atoms with E-state index in [1.165, 1.54) is 11.1 Å². The minimum absolute atomic E-state index is 0.600. The normalized spacial score (nSPS) is 11.4. The van der Waals surface area contributed by atoms with Crippen LogP contribution in [-0.2, 0) is 13.5 Å². The number of guanidine groups is 1. The van der Waals surface area contributed by atoms with Crippen LogP contribution in [0.2, 0.25) is 0 Å². The van der Waals surface area contributed by atoms with Crippen LogP contribution in [0.5, 0.6) is 5.75 Å². The Labute approximate surface area is 150 Å². The molecule has 2 rings (SSSR count). The van der Waals surface area contributed by atoms with Crippen molar-refractivity contribution in [1.29, 1.82) is 0 Å². The molecule has 0 spiro atoms. The van der Waals surface area contributed by atoms with Crippen molar-refractivity contribution in [2.24, 2.45) is 12.0 Å². The molecule has 2 aromatic rings. The zero-order valence-corrected chi connectivity index (χ0v) is 15.5. The maximum absolute atomic E-state index is 5.72. The summed E-state index contributed by atoms with van der Waals surface area (Å²) < 4.78 is 7.55. The molecule has 0 aliphatic heterocycles. The van der Waals surface area contributed by atoms with Gasteiger partial charge in [-0.05, 0) is 44.4 Å². The Bertz CT molecular complexity index is 648. The van der Waals surface area contributed by atoms with Gasteiger partial charge in [0.15, 0.2) is 5.96 Å². The third kappa shape index (κ3) is 7.28. The van der Waals surface area contributed by atoms with E-state index in [1.54, 1.807) is 0 Å². The van der Waals surface area contributed by atoms with E-state index < -0.39 is 0 Å². The maximum atomic E-state index is 5.72. The first-order chi connectivity index (χ1) is 12.2. The lowest BCUT2D eigenvalue weighted by molar-refractivity contribution is 0.322. The summed E-state index contributed by atoms with van der Waals surface area (Å²) in [6.45, 7) is 7.07. The summed E-state index contributed by atoms with van der Waals surface area (Å²) >= 11 is 0. The van der Waals surface area contributed by atoms with Gasteiger partial charge < -0.3 is 15.4 Å². The van der Waals surface area contributed by atoms with Gasteiger partial charge in [-0.3, -0.25) is 9.67 Å². The zero-order valence-electron chi connectivity index (χ0n) is 15.5. The number of aryl methyl sites for hydroxylation is 3. The molecule has 0 atom stereocenters. The maximum Gasteiger partial charge on any atom is 0.191 e. The molecule has 0 radical (unpaired) electrons. The van der Waals surface area contributed by atoms with E-state index in [1.807, 2.05) is 30.1 Å². The molecule has 6 nitrogen and oxygen atoms in total. The van der Waals surface area contributed by atoms with Crippen LogP contribution in [0.25, 0.3) is 0 Å². The minimum atomic E-state index is 0.600. The molecule has 0 saturated carbocycles. The summed E-state index contributed by atoms with van der Waals surface area (Å²) in [5.74, 6) is 1.73. The molecule has 25 heavy (non-hydrogen) atoms. The van der Waals surface area contributed by atoms with Crippen LogP contribution >= 0.6 is 0 Å². The summed E-state index contributed by atoms with van der Waals surface area (Å²) in [6, 6.07) is 8.09. The Hall–Kier alpha value is -2.50. The second-order valence-electron chi connectivity index (χ2n) is 5.97. The fourth-order valence-electron chi connectivity index (χ4n) is 2.39. The Kier molecular flexibility index (Phi) is 7.82. The van der Waals surface area contributed by atoms with E-state index in [0.29, 0.717) is 13.2 Å². The van der Waals surface area contributed by atoms with Crippen molar-refractivity contribution in [1.82, 2.24) is 20.4 Å². The Morgan fingerprint density at radius 1 is 1.24 bits per heavy atom. The van der Waals surface area contributed by atoms with Crippen molar-refractivity contribution in [3.63, 3.8) is 0 Å². The minimum Gasteiger partial charge on any atom is -0.492 e. The molecule has 0 saturated heterocycles. The topological polar surface area (TPSA) is 63.5 Å². The van der Waals surface area contributed by atoms with Gasteiger partial charge >= 0.3 is 0 Å². The van der Waals surface area contributed by atoms with Crippen molar-refractivity contribution in [2.75, 3.05) is 26.2 Å². The Morgan fingerprint density at radius 2 is 2.04 bits per heavy atom. The SMILES string of the molecule is CCNC(=NCCCc1cnn(C)c1)NCCOc1ccc(C)cc1. The predicted octanol–water partition coefficient (Wildman–Crippen LogP) is 2.30. The summed E-state index contributed by atoms with van der Waals surface area (Å²) in [5, 5.41) is 10.7. The van der Waals surface area contributed by atoms with Crippen LogP contribution in [0.3, 0.4) is 0 Å². The van der Waals surface area contributed by atoms with Crippen molar-refractivity contribution in [2.45, 2.75) is 26.7 Å². The molecule has 0 aliphatic carbocycles. The molecule has 136 valence electrons. The quantitative estimate of drug-likeness (QED) is 0.417. The fraction of sp³-hybridized carbons (Fsp3) is 0.474. The number of nitrogens with one attached hydrogen (secondary N) is 2. The van der Waals surface area contributed by atoms with Gasteiger partial charge in [0, 0.05) is 26.3 Å². The van der Waals surface area contributed by atoms with Crippen LogP contribution in [0, 0.1) is 6.92 Å². The van der Waals surface area contributed by atoms with Crippen LogP contribution in [0.4, 0.5) is 0 Å². The van der Waals surface area contributed by atoms with Gasteiger partial charge in [-0.2, -0.15) is 5.10 Å². The fourth-order valence-corrected chi connectivity index (χ4v) is 2.39. The molecule has 1 aromatic heterocycles. The molecule has 6 heteroatoms. The highest BCUT2D eigenvalue weighted by Gasteiger charge is 1.99. The van der Waals surface area contributed by atoms with Crippen LogP contribution < -0.4 is 15.4 Å². The molecule has 1 heterocycles. The number of benzene rings is 1. The van der Waals surface area contributed by atoms with Gasteiger partial charge in [-0.25, -0.2) is 0 Å². The molecular weight excluding hydrogens is 314 g/mol. The molecule has 0 aliphatic rings. The highest BCUT2D eigenvalue weighted by molar-refractivity contribution is 5.79. The standard InChI is InChI=1S/C19H29N5O/c1-4-20-19(21-11-5-6-17-14-23-24(3)15-17)22-12-13-25-18-9-7-16(2)8-10-18/h7-10,14-15H,4-6,11-13H2,1-3H3,(H2,20,21,22). The molecule has 1 aromatic carbocycles. The number of hydrogen-bond donors (Lipinski definition) is 2. The van der Waals surface area contributed by atoms with E-state index in [2.05, 4.69) is 52.9 Å². The van der Waals surface area contributed by atoms with Crippen molar-refractivity contribution in [3.05, 3.63) is 47.8 Å². The van der Waals surface area contributed by atoms with Crippen molar-refractivity contribution in [3.8, 4) is 5.75 Å². The average molecular weight is 343 g/mol. The van der Waals surface area contributed by atoms with E-state index in [-0.39, 0.29) is 0 Å². The third-order valence-electron chi connectivity index (χ3n) is 3.68. The summed E-state index contributed by atoms with van der Waals surface area (Å²) in [6.07, 6.45) is 5.96. The number of rotatable bonds is 9. The number of ether oxygens (including phenoxy) is 1. The summed E-state index contributed by atoms with van der Waals surface area (Å²) in [5.41, 5.74) is 2.49. The number of hydrogen-bond acceptors (Lipinski definition) is 3. The number of nitrogens with zero attached hydrogens (tertiary/aromatic N) is 3. The van der Waals surface area contributed by atoms with Gasteiger partial charge in [0.05, 0.1) is 12.7 Å². The summed E-state index contributed by atoms with van der Waals surface area (Å²) in [7, 11) is 1.94. The monoisotopic (exact) mass is 343 g/mol. The Balaban J connectivity index is 1.67. The van der Waals surface area contributed by atoms with E-state index in [0.717, 1.165) is 37.6 Å². The van der Waals surface area contributed by atoms with Gasteiger partial charge in [-0.1, -0.05) is 17.7 Å². The number of aromatic nitrogens is 2. The van der Waals surface area contributed by atoms with E-state index in [4.69, 9.17) is 4.74 Å². The van der Waals surface area contributed by atoms with Crippen molar-refractivity contribution < 1.29 is 4.74 Å². The van der Waals surface area contributed by atoms with Gasteiger partial charge in [-0.15, -0.1) is 0 Å². The predicted molar refractivity (Wildman–Crippen MR) is 102 cm³/mol. The smallest absolute Gasteiger partial charge is 0.191 e.